The summed E-state index contributed by atoms with van der Waals surface area (Å²) < 4.78 is 29.3. The van der Waals surface area contributed by atoms with Gasteiger partial charge in [-0.1, -0.05) is 15.9 Å². The highest BCUT2D eigenvalue weighted by Gasteiger charge is 2.22. The summed E-state index contributed by atoms with van der Waals surface area (Å²) in [7, 11) is 1.53. The Morgan fingerprint density at radius 1 is 1.45 bits per heavy atom. The maximum atomic E-state index is 11.6. The first kappa shape index (κ1) is 17.3. The second kappa shape index (κ2) is 6.33. The van der Waals surface area contributed by atoms with Crippen LogP contribution < -0.4 is 4.74 Å². The van der Waals surface area contributed by atoms with Gasteiger partial charge in [0.1, 0.15) is 10.6 Å². The molecule has 0 spiro atoms. The molecule has 0 aromatic heterocycles. The molecule has 0 atom stereocenters. The van der Waals surface area contributed by atoms with Crippen LogP contribution in [0.2, 0.25) is 0 Å². The van der Waals surface area contributed by atoms with Crippen LogP contribution in [0.1, 0.15) is 25.8 Å². The lowest BCUT2D eigenvalue weighted by atomic mass is 9.92. The summed E-state index contributed by atoms with van der Waals surface area (Å²) >= 11 is 3.23. The van der Waals surface area contributed by atoms with Gasteiger partial charge in [-0.2, -0.15) is 5.26 Å². The molecule has 0 aliphatic carbocycles. The average Bonchev–Trinajstić information content (AvgIpc) is 2.30. The Morgan fingerprint density at radius 3 is 2.55 bits per heavy atom. The van der Waals surface area contributed by atoms with E-state index in [1.54, 1.807) is 26.8 Å². The number of aryl methyl sites for hydroxylation is 1. The molecule has 7 heteroatoms. The third-order valence-electron chi connectivity index (χ3n) is 2.74. The standard InChI is InChI=1S/C13H15BrClNO3S/c1-9-6-10(14)7-11(20(15,17)18)12(9)19-5-4-13(2,3)8-16/h6-7H,4-5H2,1-3H3. The lowest BCUT2D eigenvalue weighted by molar-refractivity contribution is 0.257. The van der Waals surface area contributed by atoms with Crippen molar-refractivity contribution < 1.29 is 13.2 Å². The van der Waals surface area contributed by atoms with E-state index in [2.05, 4.69) is 22.0 Å². The van der Waals surface area contributed by atoms with E-state index in [0.29, 0.717) is 16.5 Å². The van der Waals surface area contributed by atoms with Crippen LogP contribution >= 0.6 is 26.6 Å². The van der Waals surface area contributed by atoms with E-state index < -0.39 is 14.5 Å². The predicted molar refractivity (Wildman–Crippen MR) is 81.4 cm³/mol. The zero-order chi connectivity index (χ0) is 15.6. The van der Waals surface area contributed by atoms with Crippen molar-refractivity contribution in [1.29, 1.82) is 5.26 Å². The first-order chi connectivity index (χ1) is 9.07. The largest absolute Gasteiger partial charge is 0.492 e. The fraction of sp³-hybridized carbons (Fsp3) is 0.462. The van der Waals surface area contributed by atoms with Gasteiger partial charge in [0.25, 0.3) is 9.05 Å². The molecule has 110 valence electrons. The molecule has 0 aliphatic heterocycles. The van der Waals surface area contributed by atoms with Crippen molar-refractivity contribution in [2.75, 3.05) is 6.61 Å². The summed E-state index contributed by atoms with van der Waals surface area (Å²) in [5.41, 5.74) is 0.136. The minimum Gasteiger partial charge on any atom is -0.492 e. The van der Waals surface area contributed by atoms with Gasteiger partial charge in [-0.05, 0) is 44.9 Å². The first-order valence-corrected chi connectivity index (χ1v) is 8.96. The van der Waals surface area contributed by atoms with Crippen molar-refractivity contribution in [2.24, 2.45) is 5.41 Å². The van der Waals surface area contributed by atoms with Crippen LogP contribution in [-0.4, -0.2) is 15.0 Å². The molecule has 0 fully saturated rings. The molecule has 0 saturated heterocycles. The van der Waals surface area contributed by atoms with E-state index in [0.717, 1.165) is 0 Å². The predicted octanol–water partition coefficient (Wildman–Crippen LogP) is 4.00. The van der Waals surface area contributed by atoms with Crippen LogP contribution in [0, 0.1) is 23.7 Å². The van der Waals surface area contributed by atoms with Gasteiger partial charge in [-0.25, -0.2) is 8.42 Å². The molecule has 0 amide bonds. The van der Waals surface area contributed by atoms with Crippen molar-refractivity contribution in [3.05, 3.63) is 22.2 Å². The van der Waals surface area contributed by atoms with Crippen molar-refractivity contribution in [3.63, 3.8) is 0 Å². The maximum absolute atomic E-state index is 11.6. The summed E-state index contributed by atoms with van der Waals surface area (Å²) in [5, 5.41) is 8.94. The maximum Gasteiger partial charge on any atom is 0.265 e. The van der Waals surface area contributed by atoms with Gasteiger partial charge in [0.2, 0.25) is 0 Å². The molecule has 0 bridgehead atoms. The number of halogens is 2. The lowest BCUT2D eigenvalue weighted by Crippen LogP contribution is -2.14. The molecule has 1 aromatic rings. The summed E-state index contributed by atoms with van der Waals surface area (Å²) in [6.45, 7) is 5.57. The number of rotatable bonds is 5. The minimum atomic E-state index is -3.90. The smallest absolute Gasteiger partial charge is 0.265 e. The number of nitriles is 1. The van der Waals surface area contributed by atoms with Crippen LogP contribution in [-0.2, 0) is 9.05 Å². The monoisotopic (exact) mass is 379 g/mol. The van der Waals surface area contributed by atoms with Crippen LogP contribution in [0.4, 0.5) is 0 Å². The summed E-state index contributed by atoms with van der Waals surface area (Å²) in [6.07, 6.45) is 0.487. The second-order valence-corrected chi connectivity index (χ2v) is 8.53. The molecule has 0 saturated carbocycles. The van der Waals surface area contributed by atoms with E-state index in [4.69, 9.17) is 20.7 Å². The normalized spacial score (nSPS) is 12.0. The average molecular weight is 381 g/mol. The fourth-order valence-corrected chi connectivity index (χ4v) is 3.31. The summed E-state index contributed by atoms with van der Waals surface area (Å²) in [4.78, 5) is -0.0687. The summed E-state index contributed by atoms with van der Waals surface area (Å²) in [5.74, 6) is 0.233. The van der Waals surface area contributed by atoms with Crippen molar-refractivity contribution >= 4 is 35.7 Å². The SMILES string of the molecule is Cc1cc(Br)cc(S(=O)(=O)Cl)c1OCCC(C)(C)C#N. The Balaban J connectivity index is 3.05. The molecule has 0 heterocycles. The molecule has 0 unspecified atom stereocenters. The van der Waals surface area contributed by atoms with E-state index in [1.807, 2.05) is 0 Å². The first-order valence-electron chi connectivity index (χ1n) is 5.86. The molecular weight excluding hydrogens is 366 g/mol. The number of nitrogens with zero attached hydrogens (tertiary/aromatic N) is 1. The quantitative estimate of drug-likeness (QED) is 0.724. The lowest BCUT2D eigenvalue weighted by Gasteiger charge is -2.17. The Labute approximate surface area is 132 Å². The molecule has 0 radical (unpaired) electrons. The van der Waals surface area contributed by atoms with E-state index in [1.165, 1.54) is 6.07 Å². The Hall–Kier alpha value is -0.770. The molecule has 1 rings (SSSR count). The highest BCUT2D eigenvalue weighted by atomic mass is 79.9. The number of ether oxygens (including phenoxy) is 1. The van der Waals surface area contributed by atoms with Gasteiger partial charge in [-0.15, -0.1) is 0 Å². The van der Waals surface area contributed by atoms with Gasteiger partial charge in [0.15, 0.2) is 0 Å². The van der Waals surface area contributed by atoms with Gasteiger partial charge in [0, 0.05) is 15.2 Å². The summed E-state index contributed by atoms with van der Waals surface area (Å²) in [6, 6.07) is 5.31. The fourth-order valence-electron chi connectivity index (χ4n) is 1.53. The highest BCUT2D eigenvalue weighted by molar-refractivity contribution is 9.10. The molecule has 0 N–H and O–H groups in total. The Bertz CT molecular complexity index is 650. The highest BCUT2D eigenvalue weighted by Crippen LogP contribution is 2.34. The Morgan fingerprint density at radius 2 is 2.05 bits per heavy atom. The number of hydrogen-bond donors (Lipinski definition) is 0. The molecule has 20 heavy (non-hydrogen) atoms. The third kappa shape index (κ3) is 4.65. The zero-order valence-corrected chi connectivity index (χ0v) is 14.6. The van der Waals surface area contributed by atoms with Crippen LogP contribution in [0.15, 0.2) is 21.5 Å². The Kier molecular flexibility index (Phi) is 5.47. The van der Waals surface area contributed by atoms with E-state index in [9.17, 15) is 8.42 Å². The van der Waals surface area contributed by atoms with Crippen LogP contribution in [0.3, 0.4) is 0 Å². The third-order valence-corrected chi connectivity index (χ3v) is 4.53. The number of benzene rings is 1. The van der Waals surface area contributed by atoms with E-state index >= 15 is 0 Å². The van der Waals surface area contributed by atoms with Gasteiger partial charge >= 0.3 is 0 Å². The molecular formula is C13H15BrClNO3S. The minimum absolute atomic E-state index is 0.0687. The molecule has 1 aromatic carbocycles. The molecule has 4 nitrogen and oxygen atoms in total. The van der Waals surface area contributed by atoms with Crippen molar-refractivity contribution in [3.8, 4) is 11.8 Å². The number of hydrogen-bond acceptors (Lipinski definition) is 4. The van der Waals surface area contributed by atoms with Crippen LogP contribution in [0.25, 0.3) is 0 Å². The van der Waals surface area contributed by atoms with Crippen LogP contribution in [0.5, 0.6) is 5.75 Å². The zero-order valence-electron chi connectivity index (χ0n) is 11.4. The second-order valence-electron chi connectivity index (χ2n) is 5.08. The van der Waals surface area contributed by atoms with Gasteiger partial charge < -0.3 is 4.74 Å². The van der Waals surface area contributed by atoms with E-state index in [-0.39, 0.29) is 17.3 Å². The van der Waals surface area contributed by atoms with Gasteiger partial charge in [-0.3, -0.25) is 0 Å². The molecule has 0 aliphatic rings. The van der Waals surface area contributed by atoms with Crippen molar-refractivity contribution in [1.82, 2.24) is 0 Å². The topological polar surface area (TPSA) is 67.2 Å². The van der Waals surface area contributed by atoms with Crippen molar-refractivity contribution in [2.45, 2.75) is 32.1 Å². The van der Waals surface area contributed by atoms with Gasteiger partial charge in [0.05, 0.1) is 18.1 Å².